The van der Waals surface area contributed by atoms with E-state index in [0.717, 1.165) is 17.5 Å². The molecule has 0 aromatic heterocycles. The Labute approximate surface area is 90.6 Å². The van der Waals surface area contributed by atoms with Crippen LogP contribution in [0.3, 0.4) is 0 Å². The summed E-state index contributed by atoms with van der Waals surface area (Å²) < 4.78 is 4.85. The number of benzene rings is 1. The number of carbonyl (C=O) groups is 1. The monoisotopic (exact) mass is 204 g/mol. The molecule has 0 saturated carbocycles. The molecule has 2 nitrogen and oxygen atoms in total. The number of rotatable bonds is 5. The average molecular weight is 204 g/mol. The van der Waals surface area contributed by atoms with E-state index in [1.807, 2.05) is 31.2 Å². The van der Waals surface area contributed by atoms with E-state index in [1.165, 1.54) is 0 Å². The first-order valence-corrected chi connectivity index (χ1v) is 5.13. The lowest BCUT2D eigenvalue weighted by Gasteiger charge is -2.02. The summed E-state index contributed by atoms with van der Waals surface area (Å²) in [6.07, 6.45) is 2.98. The number of carbonyl (C=O) groups excluding carboxylic acids is 1. The molecule has 0 atom stereocenters. The maximum atomic E-state index is 11.1. The lowest BCUT2D eigenvalue weighted by molar-refractivity contribution is -0.143. The van der Waals surface area contributed by atoms with Gasteiger partial charge in [0.25, 0.3) is 0 Å². The molecule has 0 aliphatic rings. The van der Waals surface area contributed by atoms with Crippen molar-refractivity contribution in [3.05, 3.63) is 42.0 Å². The molecule has 0 aliphatic heterocycles. The van der Waals surface area contributed by atoms with Gasteiger partial charge in [0, 0.05) is 6.42 Å². The molecule has 2 heteroatoms. The predicted molar refractivity (Wildman–Crippen MR) is 61.5 cm³/mol. The molecule has 0 spiro atoms. The van der Waals surface area contributed by atoms with Crippen LogP contribution >= 0.6 is 0 Å². The Balaban J connectivity index is 2.44. The van der Waals surface area contributed by atoms with Gasteiger partial charge < -0.3 is 4.74 Å². The second kappa shape index (κ2) is 6.02. The maximum Gasteiger partial charge on any atom is 0.306 e. The van der Waals surface area contributed by atoms with Crippen molar-refractivity contribution in [3.8, 4) is 0 Å². The number of aryl methyl sites for hydroxylation is 1. The second-order valence-electron chi connectivity index (χ2n) is 3.25. The van der Waals surface area contributed by atoms with Gasteiger partial charge in [-0.2, -0.15) is 0 Å². The molecule has 0 heterocycles. The van der Waals surface area contributed by atoms with Crippen LogP contribution < -0.4 is 0 Å². The van der Waals surface area contributed by atoms with Crippen LogP contribution in [-0.2, 0) is 16.0 Å². The average Bonchev–Trinajstić information content (AvgIpc) is 2.27. The van der Waals surface area contributed by atoms with E-state index in [0.29, 0.717) is 13.0 Å². The minimum Gasteiger partial charge on any atom is -0.466 e. The van der Waals surface area contributed by atoms with Gasteiger partial charge in [-0.05, 0) is 24.5 Å². The van der Waals surface area contributed by atoms with E-state index in [4.69, 9.17) is 4.74 Å². The van der Waals surface area contributed by atoms with Crippen LogP contribution in [0.2, 0.25) is 0 Å². The van der Waals surface area contributed by atoms with Gasteiger partial charge in [0.05, 0.1) is 6.61 Å². The first-order chi connectivity index (χ1) is 7.26. The van der Waals surface area contributed by atoms with Gasteiger partial charge >= 0.3 is 5.97 Å². The lowest BCUT2D eigenvalue weighted by atomic mass is 10.1. The molecular weight excluding hydrogens is 188 g/mol. The Hall–Kier alpha value is -1.57. The molecule has 0 amide bonds. The van der Waals surface area contributed by atoms with Crippen molar-refractivity contribution in [1.29, 1.82) is 0 Å². The number of esters is 1. The zero-order chi connectivity index (χ0) is 11.1. The summed E-state index contributed by atoms with van der Waals surface area (Å²) >= 11 is 0. The third kappa shape index (κ3) is 3.98. The summed E-state index contributed by atoms with van der Waals surface area (Å²) in [6.45, 7) is 5.95. The molecule has 0 saturated heterocycles. The minimum atomic E-state index is -0.134. The Morgan fingerprint density at radius 1 is 1.40 bits per heavy atom. The van der Waals surface area contributed by atoms with Gasteiger partial charge in [0.15, 0.2) is 0 Å². The maximum absolute atomic E-state index is 11.1. The van der Waals surface area contributed by atoms with Crippen molar-refractivity contribution in [1.82, 2.24) is 0 Å². The van der Waals surface area contributed by atoms with Crippen molar-refractivity contribution in [2.24, 2.45) is 0 Å². The Kier molecular flexibility index (Phi) is 4.61. The van der Waals surface area contributed by atoms with Crippen LogP contribution in [0, 0.1) is 0 Å². The summed E-state index contributed by atoms with van der Waals surface area (Å²) in [7, 11) is 0. The van der Waals surface area contributed by atoms with E-state index < -0.39 is 0 Å². The van der Waals surface area contributed by atoms with Gasteiger partial charge in [0.2, 0.25) is 0 Å². The normalized spacial score (nSPS) is 9.67. The zero-order valence-corrected chi connectivity index (χ0v) is 9.03. The smallest absolute Gasteiger partial charge is 0.306 e. The van der Waals surface area contributed by atoms with Gasteiger partial charge in [-0.1, -0.05) is 36.9 Å². The first-order valence-electron chi connectivity index (χ1n) is 5.13. The number of ether oxygens (including phenoxy) is 1. The van der Waals surface area contributed by atoms with Crippen LogP contribution in [0.25, 0.3) is 6.08 Å². The van der Waals surface area contributed by atoms with E-state index in [2.05, 4.69) is 6.58 Å². The topological polar surface area (TPSA) is 26.3 Å². The molecule has 15 heavy (non-hydrogen) atoms. The lowest BCUT2D eigenvalue weighted by Crippen LogP contribution is -2.05. The van der Waals surface area contributed by atoms with Crippen LogP contribution in [0.4, 0.5) is 0 Å². The van der Waals surface area contributed by atoms with Crippen molar-refractivity contribution >= 4 is 12.0 Å². The summed E-state index contributed by atoms with van der Waals surface area (Å²) in [5.74, 6) is -0.134. The molecule has 0 N–H and O–H groups in total. The molecule has 80 valence electrons. The minimum absolute atomic E-state index is 0.134. The van der Waals surface area contributed by atoms with E-state index >= 15 is 0 Å². The largest absolute Gasteiger partial charge is 0.466 e. The molecule has 1 rings (SSSR count). The van der Waals surface area contributed by atoms with Crippen LogP contribution in [0.15, 0.2) is 30.8 Å². The number of hydrogen-bond acceptors (Lipinski definition) is 2. The van der Waals surface area contributed by atoms with E-state index in [1.54, 1.807) is 6.08 Å². The van der Waals surface area contributed by atoms with Crippen LogP contribution in [0.5, 0.6) is 0 Å². The first kappa shape index (κ1) is 11.5. The number of hydrogen-bond donors (Lipinski definition) is 0. The fourth-order valence-electron chi connectivity index (χ4n) is 1.30. The summed E-state index contributed by atoms with van der Waals surface area (Å²) in [6, 6.07) is 8.01. The van der Waals surface area contributed by atoms with Gasteiger partial charge in [-0.15, -0.1) is 0 Å². The Morgan fingerprint density at radius 3 is 2.60 bits per heavy atom. The molecule has 0 aliphatic carbocycles. The molecule has 1 aromatic carbocycles. The Bertz CT molecular complexity index is 325. The highest BCUT2D eigenvalue weighted by molar-refractivity contribution is 5.69. The summed E-state index contributed by atoms with van der Waals surface area (Å²) in [5.41, 5.74) is 2.24. The van der Waals surface area contributed by atoms with Crippen molar-refractivity contribution < 1.29 is 9.53 Å². The summed E-state index contributed by atoms with van der Waals surface area (Å²) in [5, 5.41) is 0. The summed E-state index contributed by atoms with van der Waals surface area (Å²) in [4.78, 5) is 11.1. The molecular formula is C13H16O2. The standard InChI is InChI=1S/C13H16O2/c1-3-11-5-7-12(8-6-11)9-10-13(14)15-4-2/h3,5-8H,1,4,9-10H2,2H3. The van der Waals surface area contributed by atoms with Crippen molar-refractivity contribution in [3.63, 3.8) is 0 Å². The van der Waals surface area contributed by atoms with Gasteiger partial charge in [0.1, 0.15) is 0 Å². The van der Waals surface area contributed by atoms with E-state index in [-0.39, 0.29) is 5.97 Å². The Morgan fingerprint density at radius 2 is 2.07 bits per heavy atom. The SMILES string of the molecule is C=Cc1ccc(CCC(=O)OCC)cc1. The second-order valence-corrected chi connectivity index (χ2v) is 3.25. The van der Waals surface area contributed by atoms with E-state index in [9.17, 15) is 4.79 Å². The molecule has 1 aromatic rings. The van der Waals surface area contributed by atoms with Crippen LogP contribution in [0.1, 0.15) is 24.5 Å². The fourth-order valence-corrected chi connectivity index (χ4v) is 1.30. The predicted octanol–water partition coefficient (Wildman–Crippen LogP) is 2.83. The molecule has 0 radical (unpaired) electrons. The van der Waals surface area contributed by atoms with Gasteiger partial charge in [-0.3, -0.25) is 4.79 Å². The zero-order valence-electron chi connectivity index (χ0n) is 9.03. The molecule has 0 bridgehead atoms. The third-order valence-electron chi connectivity index (χ3n) is 2.14. The molecule has 0 fully saturated rings. The third-order valence-corrected chi connectivity index (χ3v) is 2.14. The fraction of sp³-hybridized carbons (Fsp3) is 0.308. The van der Waals surface area contributed by atoms with Gasteiger partial charge in [-0.25, -0.2) is 0 Å². The van der Waals surface area contributed by atoms with Crippen molar-refractivity contribution in [2.75, 3.05) is 6.61 Å². The highest BCUT2D eigenvalue weighted by Crippen LogP contribution is 2.07. The van der Waals surface area contributed by atoms with Crippen molar-refractivity contribution in [2.45, 2.75) is 19.8 Å². The highest BCUT2D eigenvalue weighted by Gasteiger charge is 2.01. The quantitative estimate of drug-likeness (QED) is 0.689. The molecule has 0 unspecified atom stereocenters. The highest BCUT2D eigenvalue weighted by atomic mass is 16.5. The van der Waals surface area contributed by atoms with Crippen LogP contribution in [-0.4, -0.2) is 12.6 Å².